The number of hydrogen-bond donors (Lipinski definition) is 1. The molecule has 0 spiro atoms. The second-order valence-corrected chi connectivity index (χ2v) is 6.60. The van der Waals surface area contributed by atoms with Crippen molar-refractivity contribution in [2.24, 2.45) is 0 Å². The molecular weight excluding hydrogens is 260 g/mol. The van der Waals surface area contributed by atoms with Crippen LogP contribution in [0.15, 0.2) is 6.07 Å². The first-order valence-electron chi connectivity index (χ1n) is 8.54. The molecule has 2 atom stereocenters. The van der Waals surface area contributed by atoms with Crippen molar-refractivity contribution >= 4 is 5.82 Å². The number of fused-ring (bicyclic) bond motifs is 2. The molecule has 1 aromatic rings. The predicted octanol–water partition coefficient (Wildman–Crippen LogP) is 3.20. The Hall–Kier alpha value is -1.16. The van der Waals surface area contributed by atoms with E-state index in [0.29, 0.717) is 5.92 Å². The van der Waals surface area contributed by atoms with Crippen LogP contribution in [0.3, 0.4) is 0 Å². The third-order valence-electron chi connectivity index (χ3n) is 5.18. The summed E-state index contributed by atoms with van der Waals surface area (Å²) >= 11 is 0. The van der Waals surface area contributed by atoms with Crippen LogP contribution in [-0.2, 0) is 6.42 Å². The smallest absolute Gasteiger partial charge is 0.134 e. The lowest BCUT2D eigenvalue weighted by molar-refractivity contribution is 0.159. The molecule has 0 radical (unpaired) electrons. The topological polar surface area (TPSA) is 41.1 Å². The Morgan fingerprint density at radius 3 is 2.52 bits per heavy atom. The van der Waals surface area contributed by atoms with Gasteiger partial charge in [-0.25, -0.2) is 9.97 Å². The molecule has 0 saturated carbocycles. The maximum Gasteiger partial charge on any atom is 0.134 e. The van der Waals surface area contributed by atoms with Crippen molar-refractivity contribution in [1.29, 1.82) is 0 Å². The number of anilines is 1. The average molecular weight is 288 g/mol. The van der Waals surface area contributed by atoms with Gasteiger partial charge in [-0.2, -0.15) is 0 Å². The minimum absolute atomic E-state index is 0.548. The molecule has 2 aliphatic rings. The zero-order valence-corrected chi connectivity index (χ0v) is 13.6. The number of piperidine rings is 1. The molecule has 3 heterocycles. The molecule has 21 heavy (non-hydrogen) atoms. The second-order valence-electron chi connectivity index (χ2n) is 6.60. The van der Waals surface area contributed by atoms with Crippen molar-refractivity contribution in [2.75, 3.05) is 18.9 Å². The Morgan fingerprint density at radius 1 is 1.19 bits per heavy atom. The normalized spacial score (nSPS) is 28.8. The van der Waals surface area contributed by atoms with Crippen molar-refractivity contribution in [1.82, 2.24) is 14.9 Å². The van der Waals surface area contributed by atoms with Gasteiger partial charge in [0.05, 0.1) is 0 Å². The summed E-state index contributed by atoms with van der Waals surface area (Å²) in [5.41, 5.74) is 1.17. The van der Waals surface area contributed by atoms with E-state index in [2.05, 4.69) is 37.2 Å². The van der Waals surface area contributed by atoms with Gasteiger partial charge in [0.15, 0.2) is 0 Å². The fourth-order valence-electron chi connectivity index (χ4n) is 3.85. The van der Waals surface area contributed by atoms with Crippen LogP contribution in [0.1, 0.15) is 63.4 Å². The van der Waals surface area contributed by atoms with Crippen LogP contribution in [0.5, 0.6) is 0 Å². The molecule has 0 aliphatic carbocycles. The van der Waals surface area contributed by atoms with Crippen LogP contribution in [0.4, 0.5) is 5.82 Å². The summed E-state index contributed by atoms with van der Waals surface area (Å²) < 4.78 is 0. The molecule has 2 aliphatic heterocycles. The molecule has 1 aromatic heterocycles. The molecule has 4 nitrogen and oxygen atoms in total. The number of hydrogen-bond acceptors (Lipinski definition) is 4. The summed E-state index contributed by atoms with van der Waals surface area (Å²) in [4.78, 5) is 12.2. The van der Waals surface area contributed by atoms with E-state index in [4.69, 9.17) is 9.97 Å². The monoisotopic (exact) mass is 288 g/mol. The van der Waals surface area contributed by atoms with Crippen molar-refractivity contribution in [3.05, 3.63) is 17.6 Å². The van der Waals surface area contributed by atoms with Gasteiger partial charge in [0, 0.05) is 36.3 Å². The van der Waals surface area contributed by atoms with E-state index in [0.717, 1.165) is 43.1 Å². The average Bonchev–Trinajstić information content (AvgIpc) is 2.74. The zero-order valence-electron chi connectivity index (χ0n) is 13.6. The molecule has 2 saturated heterocycles. The molecule has 2 bridgehead atoms. The van der Waals surface area contributed by atoms with Crippen LogP contribution in [0.25, 0.3) is 0 Å². The third kappa shape index (κ3) is 3.05. The SMILES string of the molecule is CCCNc1cc(CC)nc(C2CC3CCC(C2)N3C)n1. The lowest BCUT2D eigenvalue weighted by atomic mass is 9.90. The van der Waals surface area contributed by atoms with E-state index >= 15 is 0 Å². The first-order chi connectivity index (χ1) is 10.2. The first kappa shape index (κ1) is 14.8. The molecule has 0 amide bonds. The van der Waals surface area contributed by atoms with Crippen molar-refractivity contribution in [3.63, 3.8) is 0 Å². The van der Waals surface area contributed by atoms with Crippen LogP contribution in [0.2, 0.25) is 0 Å². The fraction of sp³-hybridized carbons (Fsp3) is 0.765. The highest BCUT2D eigenvalue weighted by atomic mass is 15.2. The van der Waals surface area contributed by atoms with Gasteiger partial charge in [0.25, 0.3) is 0 Å². The van der Waals surface area contributed by atoms with Crippen molar-refractivity contribution < 1.29 is 0 Å². The third-order valence-corrected chi connectivity index (χ3v) is 5.18. The summed E-state index contributed by atoms with van der Waals surface area (Å²) in [6.45, 7) is 5.34. The molecule has 3 rings (SSSR count). The van der Waals surface area contributed by atoms with Crippen LogP contribution in [-0.4, -0.2) is 40.5 Å². The zero-order chi connectivity index (χ0) is 14.8. The largest absolute Gasteiger partial charge is 0.370 e. The van der Waals surface area contributed by atoms with E-state index in [1.165, 1.54) is 31.4 Å². The summed E-state index contributed by atoms with van der Waals surface area (Å²) in [5, 5.41) is 3.43. The lowest BCUT2D eigenvalue weighted by Gasteiger charge is -2.35. The Kier molecular flexibility index (Phi) is 4.43. The fourth-order valence-corrected chi connectivity index (χ4v) is 3.85. The van der Waals surface area contributed by atoms with Gasteiger partial charge in [-0.05, 0) is 45.6 Å². The summed E-state index contributed by atoms with van der Waals surface area (Å²) in [6, 6.07) is 3.60. The van der Waals surface area contributed by atoms with E-state index < -0.39 is 0 Å². The summed E-state index contributed by atoms with van der Waals surface area (Å²) in [6.07, 6.45) is 7.27. The first-order valence-corrected chi connectivity index (χ1v) is 8.54. The van der Waals surface area contributed by atoms with E-state index in [-0.39, 0.29) is 0 Å². The molecule has 116 valence electrons. The summed E-state index contributed by atoms with van der Waals surface area (Å²) in [5.74, 6) is 2.65. The van der Waals surface area contributed by atoms with Gasteiger partial charge in [-0.3, -0.25) is 0 Å². The van der Waals surface area contributed by atoms with E-state index in [9.17, 15) is 0 Å². The van der Waals surface area contributed by atoms with Gasteiger partial charge < -0.3 is 10.2 Å². The standard InChI is InChI=1S/C17H28N4/c1-4-8-18-16-11-13(5-2)19-17(20-16)12-9-14-6-7-15(10-12)21(14)3/h11-12,14-15H,4-10H2,1-3H3,(H,18,19,20). The molecule has 4 heteroatoms. The van der Waals surface area contributed by atoms with Gasteiger partial charge in [0.2, 0.25) is 0 Å². The van der Waals surface area contributed by atoms with Gasteiger partial charge in [-0.15, -0.1) is 0 Å². The highest BCUT2D eigenvalue weighted by Gasteiger charge is 2.39. The highest BCUT2D eigenvalue weighted by Crippen LogP contribution is 2.41. The molecule has 2 fully saturated rings. The van der Waals surface area contributed by atoms with Gasteiger partial charge in [-0.1, -0.05) is 13.8 Å². The second kappa shape index (κ2) is 6.30. The maximum atomic E-state index is 4.84. The van der Waals surface area contributed by atoms with E-state index in [1.54, 1.807) is 0 Å². The minimum atomic E-state index is 0.548. The minimum Gasteiger partial charge on any atom is -0.370 e. The Labute approximate surface area is 128 Å². The lowest BCUT2D eigenvalue weighted by Crippen LogP contribution is -2.39. The number of rotatable bonds is 5. The number of nitrogens with zero attached hydrogens (tertiary/aromatic N) is 3. The Bertz CT molecular complexity index is 474. The Balaban J connectivity index is 1.81. The van der Waals surface area contributed by atoms with Crippen LogP contribution in [0, 0.1) is 0 Å². The predicted molar refractivity (Wildman–Crippen MR) is 86.7 cm³/mol. The van der Waals surface area contributed by atoms with Gasteiger partial charge in [0.1, 0.15) is 11.6 Å². The Morgan fingerprint density at radius 2 is 1.90 bits per heavy atom. The molecular formula is C17H28N4. The quantitative estimate of drug-likeness (QED) is 0.903. The highest BCUT2D eigenvalue weighted by molar-refractivity contribution is 5.36. The van der Waals surface area contributed by atoms with Crippen molar-refractivity contribution in [2.45, 2.75) is 70.4 Å². The van der Waals surface area contributed by atoms with Crippen LogP contribution < -0.4 is 5.32 Å². The number of aryl methyl sites for hydroxylation is 1. The van der Waals surface area contributed by atoms with Crippen molar-refractivity contribution in [3.8, 4) is 0 Å². The molecule has 0 aromatic carbocycles. The maximum absolute atomic E-state index is 4.84. The van der Waals surface area contributed by atoms with Gasteiger partial charge >= 0.3 is 0 Å². The number of nitrogens with one attached hydrogen (secondary N) is 1. The molecule has 1 N–H and O–H groups in total. The van der Waals surface area contributed by atoms with E-state index in [1.807, 2.05) is 0 Å². The summed E-state index contributed by atoms with van der Waals surface area (Å²) in [7, 11) is 2.29. The molecule has 2 unspecified atom stereocenters. The van der Waals surface area contributed by atoms with Crippen LogP contribution >= 0.6 is 0 Å². The number of aromatic nitrogens is 2.